The fourth-order valence-corrected chi connectivity index (χ4v) is 1.43. The van der Waals surface area contributed by atoms with Crippen molar-refractivity contribution in [3.05, 3.63) is 29.6 Å². The lowest BCUT2D eigenvalue weighted by Gasteiger charge is -2.06. The third-order valence-electron chi connectivity index (χ3n) is 2.17. The van der Waals surface area contributed by atoms with Crippen molar-refractivity contribution in [1.82, 2.24) is 15.6 Å². The Kier molecular flexibility index (Phi) is 5.97. The topological polar surface area (TPSA) is 37.0 Å². The molecule has 1 rings (SSSR count). The van der Waals surface area contributed by atoms with E-state index in [1.807, 2.05) is 12.4 Å². The van der Waals surface area contributed by atoms with Gasteiger partial charge in [-0.05, 0) is 31.0 Å². The third kappa shape index (κ3) is 5.50. The van der Waals surface area contributed by atoms with Gasteiger partial charge in [0.15, 0.2) is 0 Å². The first-order valence-corrected chi connectivity index (χ1v) is 5.65. The molecule has 15 heavy (non-hydrogen) atoms. The van der Waals surface area contributed by atoms with Crippen LogP contribution in [0.1, 0.15) is 24.5 Å². The van der Waals surface area contributed by atoms with Gasteiger partial charge in [-0.3, -0.25) is 4.98 Å². The predicted molar refractivity (Wildman–Crippen MR) is 63.8 cm³/mol. The van der Waals surface area contributed by atoms with Crippen LogP contribution < -0.4 is 10.6 Å². The molecule has 84 valence electrons. The summed E-state index contributed by atoms with van der Waals surface area (Å²) < 4.78 is 0. The van der Waals surface area contributed by atoms with E-state index >= 15 is 0 Å². The van der Waals surface area contributed by atoms with E-state index in [9.17, 15) is 0 Å². The summed E-state index contributed by atoms with van der Waals surface area (Å²) in [7, 11) is 0. The number of aryl methyl sites for hydroxylation is 1. The average Bonchev–Trinajstić information content (AvgIpc) is 2.23. The standard InChI is InChI=1S/C12H21N3/c1-3-4-13-5-6-14-9-12-7-11(2)8-15-10-12/h7-8,10,13-14H,3-6,9H2,1-2H3. The molecule has 3 heteroatoms. The molecular formula is C12H21N3. The number of hydrogen-bond acceptors (Lipinski definition) is 3. The highest BCUT2D eigenvalue weighted by molar-refractivity contribution is 5.16. The zero-order valence-corrected chi connectivity index (χ0v) is 9.71. The summed E-state index contributed by atoms with van der Waals surface area (Å²) in [5.41, 5.74) is 2.48. The maximum absolute atomic E-state index is 4.16. The van der Waals surface area contributed by atoms with E-state index in [0.717, 1.165) is 26.2 Å². The second-order valence-corrected chi connectivity index (χ2v) is 3.80. The van der Waals surface area contributed by atoms with Crippen LogP contribution in [-0.2, 0) is 6.54 Å². The van der Waals surface area contributed by atoms with Crippen molar-refractivity contribution in [2.75, 3.05) is 19.6 Å². The van der Waals surface area contributed by atoms with Crippen LogP contribution in [0.4, 0.5) is 0 Å². The molecule has 0 aliphatic carbocycles. The van der Waals surface area contributed by atoms with Gasteiger partial charge in [0.05, 0.1) is 0 Å². The summed E-state index contributed by atoms with van der Waals surface area (Å²) in [6, 6.07) is 2.17. The summed E-state index contributed by atoms with van der Waals surface area (Å²) in [6.45, 7) is 8.30. The minimum absolute atomic E-state index is 0.905. The lowest BCUT2D eigenvalue weighted by molar-refractivity contribution is 0.606. The van der Waals surface area contributed by atoms with Gasteiger partial charge in [0.25, 0.3) is 0 Å². The first-order valence-electron chi connectivity index (χ1n) is 5.65. The van der Waals surface area contributed by atoms with E-state index in [-0.39, 0.29) is 0 Å². The van der Waals surface area contributed by atoms with Crippen molar-refractivity contribution in [2.24, 2.45) is 0 Å². The van der Waals surface area contributed by atoms with E-state index in [0.29, 0.717) is 0 Å². The molecule has 1 heterocycles. The van der Waals surface area contributed by atoms with Crippen LogP contribution in [0.5, 0.6) is 0 Å². The third-order valence-corrected chi connectivity index (χ3v) is 2.17. The molecule has 0 atom stereocenters. The van der Waals surface area contributed by atoms with Crippen molar-refractivity contribution in [3.63, 3.8) is 0 Å². The van der Waals surface area contributed by atoms with Crippen molar-refractivity contribution in [1.29, 1.82) is 0 Å². The van der Waals surface area contributed by atoms with E-state index in [1.54, 1.807) is 0 Å². The molecule has 0 fully saturated rings. The Hall–Kier alpha value is -0.930. The zero-order valence-electron chi connectivity index (χ0n) is 9.71. The Balaban J connectivity index is 2.10. The summed E-state index contributed by atoms with van der Waals surface area (Å²) in [5, 5.41) is 6.74. The monoisotopic (exact) mass is 207 g/mol. The maximum Gasteiger partial charge on any atom is 0.0313 e. The molecule has 0 aliphatic rings. The normalized spacial score (nSPS) is 10.5. The molecule has 0 unspecified atom stereocenters. The number of aromatic nitrogens is 1. The van der Waals surface area contributed by atoms with E-state index in [2.05, 4.69) is 35.5 Å². The van der Waals surface area contributed by atoms with Gasteiger partial charge >= 0.3 is 0 Å². The van der Waals surface area contributed by atoms with E-state index < -0.39 is 0 Å². The molecule has 0 amide bonds. The highest BCUT2D eigenvalue weighted by Crippen LogP contribution is 1.99. The molecule has 0 saturated heterocycles. The average molecular weight is 207 g/mol. The van der Waals surface area contributed by atoms with Crippen molar-refractivity contribution >= 4 is 0 Å². The molecule has 0 radical (unpaired) electrons. The fraction of sp³-hybridized carbons (Fsp3) is 0.583. The van der Waals surface area contributed by atoms with Crippen LogP contribution in [0, 0.1) is 6.92 Å². The highest BCUT2D eigenvalue weighted by Gasteiger charge is 1.93. The van der Waals surface area contributed by atoms with Gasteiger partial charge in [0.1, 0.15) is 0 Å². The van der Waals surface area contributed by atoms with Crippen molar-refractivity contribution in [2.45, 2.75) is 26.8 Å². The Bertz CT molecular complexity index is 273. The summed E-state index contributed by atoms with van der Waals surface area (Å²) in [6.07, 6.45) is 4.99. The second kappa shape index (κ2) is 7.37. The van der Waals surface area contributed by atoms with Gasteiger partial charge < -0.3 is 10.6 Å². The van der Waals surface area contributed by atoms with E-state index in [1.165, 1.54) is 17.5 Å². The van der Waals surface area contributed by atoms with Crippen LogP contribution in [-0.4, -0.2) is 24.6 Å². The van der Waals surface area contributed by atoms with Gasteiger partial charge in [-0.15, -0.1) is 0 Å². The van der Waals surface area contributed by atoms with Crippen LogP contribution >= 0.6 is 0 Å². The molecule has 0 spiro atoms. The zero-order chi connectivity index (χ0) is 10.9. The summed E-state index contributed by atoms with van der Waals surface area (Å²) in [5.74, 6) is 0. The molecule has 0 bridgehead atoms. The Morgan fingerprint density at radius 2 is 1.93 bits per heavy atom. The van der Waals surface area contributed by atoms with Gasteiger partial charge in [-0.1, -0.05) is 13.0 Å². The predicted octanol–water partition coefficient (Wildman–Crippen LogP) is 1.48. The molecule has 3 nitrogen and oxygen atoms in total. The van der Waals surface area contributed by atoms with Crippen LogP contribution in [0.2, 0.25) is 0 Å². The first-order chi connectivity index (χ1) is 7.33. The summed E-state index contributed by atoms with van der Waals surface area (Å²) in [4.78, 5) is 4.16. The molecule has 1 aromatic rings. The van der Waals surface area contributed by atoms with Gasteiger partial charge in [-0.25, -0.2) is 0 Å². The number of nitrogens with zero attached hydrogens (tertiary/aromatic N) is 1. The number of pyridine rings is 1. The number of nitrogens with one attached hydrogen (secondary N) is 2. The molecule has 0 aliphatic heterocycles. The number of hydrogen-bond donors (Lipinski definition) is 2. The molecular weight excluding hydrogens is 186 g/mol. The minimum Gasteiger partial charge on any atom is -0.315 e. The Morgan fingerprint density at radius 1 is 1.13 bits per heavy atom. The van der Waals surface area contributed by atoms with Crippen molar-refractivity contribution in [3.8, 4) is 0 Å². The van der Waals surface area contributed by atoms with Gasteiger partial charge in [0.2, 0.25) is 0 Å². The largest absolute Gasteiger partial charge is 0.315 e. The lowest BCUT2D eigenvalue weighted by Crippen LogP contribution is -2.27. The molecule has 0 aromatic carbocycles. The maximum atomic E-state index is 4.16. The van der Waals surface area contributed by atoms with Crippen LogP contribution in [0.3, 0.4) is 0 Å². The van der Waals surface area contributed by atoms with E-state index in [4.69, 9.17) is 0 Å². The Labute approximate surface area is 92.3 Å². The smallest absolute Gasteiger partial charge is 0.0313 e. The molecule has 0 saturated carbocycles. The SMILES string of the molecule is CCCNCCNCc1cncc(C)c1. The quantitative estimate of drug-likeness (QED) is 0.665. The molecule has 2 N–H and O–H groups in total. The van der Waals surface area contributed by atoms with Crippen molar-refractivity contribution < 1.29 is 0 Å². The van der Waals surface area contributed by atoms with Gasteiger partial charge in [0, 0.05) is 32.0 Å². The first kappa shape index (κ1) is 12.1. The summed E-state index contributed by atoms with van der Waals surface area (Å²) >= 11 is 0. The Morgan fingerprint density at radius 3 is 2.67 bits per heavy atom. The van der Waals surface area contributed by atoms with Crippen LogP contribution in [0.15, 0.2) is 18.5 Å². The molecule has 1 aromatic heterocycles. The highest BCUT2D eigenvalue weighted by atomic mass is 14.9. The lowest BCUT2D eigenvalue weighted by atomic mass is 10.2. The fourth-order valence-electron chi connectivity index (χ4n) is 1.43. The van der Waals surface area contributed by atoms with Crippen LogP contribution in [0.25, 0.3) is 0 Å². The minimum atomic E-state index is 0.905. The number of rotatable bonds is 7. The second-order valence-electron chi connectivity index (χ2n) is 3.80. The van der Waals surface area contributed by atoms with Gasteiger partial charge in [-0.2, -0.15) is 0 Å².